The van der Waals surface area contributed by atoms with E-state index in [2.05, 4.69) is 233 Å². The van der Waals surface area contributed by atoms with Crippen LogP contribution >= 0.6 is 0 Å². The van der Waals surface area contributed by atoms with Gasteiger partial charge in [0.15, 0.2) is 0 Å². The fourth-order valence-corrected chi connectivity index (χ4v) is 10.5. The standard InChI is InChI=1S/C58H45N/c1-38-16-11-13-24-53(38)59(54-25-14-12-17-39(54)2)46-31-33-48-47-32-28-40(35-50(47)57(3,4)51(48)37-46)26-27-41-34-43-30-29-42-18-15-23-49-55(42)56(43)52(36-41)58(49,44-19-7-5-8-20-44)45-21-9-6-10-22-45/h5-37H,1-4H3. The number of para-hydroxylation sites is 2. The van der Waals surface area contributed by atoms with Crippen molar-refractivity contribution in [2.45, 2.75) is 38.5 Å². The summed E-state index contributed by atoms with van der Waals surface area (Å²) >= 11 is 0. The highest BCUT2D eigenvalue weighted by Crippen LogP contribution is 2.56. The van der Waals surface area contributed by atoms with Crippen LogP contribution in [0.3, 0.4) is 0 Å². The Balaban J connectivity index is 1.00. The zero-order valence-corrected chi connectivity index (χ0v) is 34.0. The molecule has 1 nitrogen and oxygen atoms in total. The molecule has 2 aliphatic rings. The molecule has 0 aromatic heterocycles. The maximum Gasteiger partial charge on any atom is 0.0714 e. The molecule has 0 aliphatic heterocycles. The fraction of sp³-hybridized carbons (Fsp3) is 0.103. The Labute approximate surface area is 347 Å². The van der Waals surface area contributed by atoms with Crippen LogP contribution in [0, 0.1) is 13.8 Å². The molecule has 0 radical (unpaired) electrons. The van der Waals surface area contributed by atoms with Gasteiger partial charge in [-0.15, -0.1) is 0 Å². The van der Waals surface area contributed by atoms with E-state index in [0.717, 1.165) is 0 Å². The zero-order chi connectivity index (χ0) is 39.9. The second kappa shape index (κ2) is 13.3. The van der Waals surface area contributed by atoms with Gasteiger partial charge in [0.25, 0.3) is 0 Å². The predicted octanol–water partition coefficient (Wildman–Crippen LogP) is 15.3. The van der Waals surface area contributed by atoms with Crippen molar-refractivity contribution in [2.24, 2.45) is 0 Å². The van der Waals surface area contributed by atoms with E-state index >= 15 is 0 Å². The van der Waals surface area contributed by atoms with Crippen LogP contribution < -0.4 is 4.90 Å². The van der Waals surface area contributed by atoms with Crippen LogP contribution in [-0.4, -0.2) is 0 Å². The van der Waals surface area contributed by atoms with E-state index in [1.54, 1.807) is 0 Å². The molecule has 0 saturated heterocycles. The maximum atomic E-state index is 2.46. The molecule has 0 atom stereocenters. The van der Waals surface area contributed by atoms with Crippen LogP contribution in [0.2, 0.25) is 0 Å². The van der Waals surface area contributed by atoms with Crippen LogP contribution in [0.15, 0.2) is 188 Å². The molecule has 0 fully saturated rings. The smallest absolute Gasteiger partial charge is 0.0714 e. The first-order valence-corrected chi connectivity index (χ1v) is 20.8. The summed E-state index contributed by atoms with van der Waals surface area (Å²) in [6, 6.07) is 70.1. The van der Waals surface area contributed by atoms with Crippen LogP contribution in [0.25, 0.3) is 44.8 Å². The van der Waals surface area contributed by atoms with Crippen LogP contribution in [0.4, 0.5) is 17.1 Å². The number of fused-ring (bicyclic) bond motifs is 3. The second-order valence-electron chi connectivity index (χ2n) is 17.0. The van der Waals surface area contributed by atoms with Gasteiger partial charge in [-0.1, -0.05) is 178 Å². The Morgan fingerprint density at radius 2 is 0.949 bits per heavy atom. The van der Waals surface area contributed by atoms with Gasteiger partial charge in [-0.25, -0.2) is 0 Å². The van der Waals surface area contributed by atoms with Gasteiger partial charge in [0.1, 0.15) is 0 Å². The predicted molar refractivity (Wildman–Crippen MR) is 250 cm³/mol. The summed E-state index contributed by atoms with van der Waals surface area (Å²) in [4.78, 5) is 2.43. The van der Waals surface area contributed by atoms with Gasteiger partial charge in [-0.3, -0.25) is 0 Å². The van der Waals surface area contributed by atoms with Gasteiger partial charge in [0, 0.05) is 22.5 Å². The lowest BCUT2D eigenvalue weighted by Gasteiger charge is -2.34. The normalized spacial score (nSPS) is 14.3. The van der Waals surface area contributed by atoms with Crippen molar-refractivity contribution in [1.29, 1.82) is 0 Å². The van der Waals surface area contributed by atoms with E-state index in [-0.39, 0.29) is 5.41 Å². The number of aryl methyl sites for hydroxylation is 2. The largest absolute Gasteiger partial charge is 0.310 e. The molecule has 0 amide bonds. The van der Waals surface area contributed by atoms with Gasteiger partial charge in [-0.2, -0.15) is 0 Å². The van der Waals surface area contributed by atoms with E-state index in [1.807, 2.05) is 0 Å². The lowest BCUT2D eigenvalue weighted by Crippen LogP contribution is -2.28. The first kappa shape index (κ1) is 35.2. The molecule has 1 heteroatoms. The highest BCUT2D eigenvalue weighted by atomic mass is 15.1. The number of rotatable bonds is 7. The summed E-state index contributed by atoms with van der Waals surface area (Å²) in [6.45, 7) is 9.18. The van der Waals surface area contributed by atoms with Gasteiger partial charge in [0.05, 0.1) is 5.41 Å². The van der Waals surface area contributed by atoms with E-state index in [4.69, 9.17) is 0 Å². The number of hydrogen-bond donors (Lipinski definition) is 0. The minimum atomic E-state index is -0.427. The van der Waals surface area contributed by atoms with Crippen molar-refractivity contribution in [3.8, 4) is 11.1 Å². The average Bonchev–Trinajstić information content (AvgIpc) is 3.70. The van der Waals surface area contributed by atoms with E-state index in [0.29, 0.717) is 0 Å². The lowest BCUT2D eigenvalue weighted by atomic mass is 9.67. The summed E-state index contributed by atoms with van der Waals surface area (Å²) in [5.41, 5.74) is 18.6. The Bertz CT molecular complexity index is 3060. The molecule has 0 heterocycles. The Morgan fingerprint density at radius 1 is 0.407 bits per heavy atom. The van der Waals surface area contributed by atoms with E-state index < -0.39 is 5.41 Å². The number of hydrogen-bond acceptors (Lipinski definition) is 1. The molecule has 0 bridgehead atoms. The monoisotopic (exact) mass is 755 g/mol. The van der Waals surface area contributed by atoms with Crippen molar-refractivity contribution in [3.63, 3.8) is 0 Å². The first-order chi connectivity index (χ1) is 28.8. The molecule has 0 unspecified atom stereocenters. The van der Waals surface area contributed by atoms with Gasteiger partial charge < -0.3 is 4.90 Å². The van der Waals surface area contributed by atoms with E-state index in [9.17, 15) is 0 Å². The Morgan fingerprint density at radius 3 is 1.61 bits per heavy atom. The molecule has 9 aromatic carbocycles. The molecule has 2 aliphatic carbocycles. The zero-order valence-electron chi connectivity index (χ0n) is 34.0. The third kappa shape index (κ3) is 5.24. The molecule has 9 aromatic rings. The molecule has 59 heavy (non-hydrogen) atoms. The molecular formula is C58H45N. The number of nitrogens with zero attached hydrogens (tertiary/aromatic N) is 1. The van der Waals surface area contributed by atoms with Crippen LogP contribution in [-0.2, 0) is 10.8 Å². The average molecular weight is 756 g/mol. The number of benzene rings is 9. The van der Waals surface area contributed by atoms with Gasteiger partial charge >= 0.3 is 0 Å². The number of anilines is 3. The van der Waals surface area contributed by atoms with Crippen molar-refractivity contribution >= 4 is 50.8 Å². The molecule has 11 rings (SSSR count). The minimum absolute atomic E-state index is 0.176. The molecular weight excluding hydrogens is 711 g/mol. The van der Waals surface area contributed by atoms with Crippen LogP contribution in [0.1, 0.15) is 69.5 Å². The molecule has 282 valence electrons. The summed E-state index contributed by atoms with van der Waals surface area (Å²) < 4.78 is 0. The highest BCUT2D eigenvalue weighted by molar-refractivity contribution is 6.16. The Hall–Kier alpha value is -6.96. The summed E-state index contributed by atoms with van der Waals surface area (Å²) in [7, 11) is 0. The van der Waals surface area contributed by atoms with E-state index in [1.165, 1.54) is 105 Å². The van der Waals surface area contributed by atoms with Crippen LogP contribution in [0.5, 0.6) is 0 Å². The third-order valence-electron chi connectivity index (χ3n) is 13.3. The highest BCUT2D eigenvalue weighted by Gasteiger charge is 2.45. The first-order valence-electron chi connectivity index (χ1n) is 20.8. The minimum Gasteiger partial charge on any atom is -0.310 e. The molecule has 0 saturated carbocycles. The molecule has 0 spiro atoms. The van der Waals surface area contributed by atoms with Crippen molar-refractivity contribution in [3.05, 3.63) is 244 Å². The third-order valence-corrected chi connectivity index (χ3v) is 13.3. The fourth-order valence-electron chi connectivity index (χ4n) is 10.5. The maximum absolute atomic E-state index is 2.46. The van der Waals surface area contributed by atoms with Crippen molar-refractivity contribution in [1.82, 2.24) is 0 Å². The van der Waals surface area contributed by atoms with Gasteiger partial charge in [-0.05, 0) is 139 Å². The quantitative estimate of drug-likeness (QED) is 0.116. The summed E-state index contributed by atoms with van der Waals surface area (Å²) in [5, 5.41) is 5.30. The lowest BCUT2D eigenvalue weighted by molar-refractivity contribution is 0.660. The SMILES string of the molecule is Cc1ccccc1N(c1ccc2c(c1)C(C)(C)c1cc(C=Cc3cc4c5c(ccc6cccc(c65)C4(c4ccccc4)c4ccccc4)c3)ccc1-2)c1ccccc1C. The molecule has 0 N–H and O–H groups in total. The van der Waals surface area contributed by atoms with Crippen molar-refractivity contribution in [2.75, 3.05) is 4.90 Å². The summed E-state index contributed by atoms with van der Waals surface area (Å²) in [5.74, 6) is 0. The second-order valence-corrected chi connectivity index (χ2v) is 17.0. The summed E-state index contributed by atoms with van der Waals surface area (Å²) in [6.07, 6.45) is 4.63. The topological polar surface area (TPSA) is 3.24 Å². The Kier molecular flexibility index (Phi) is 7.94. The van der Waals surface area contributed by atoms with Crippen molar-refractivity contribution < 1.29 is 0 Å². The van der Waals surface area contributed by atoms with Gasteiger partial charge in [0.2, 0.25) is 0 Å².